The van der Waals surface area contributed by atoms with Crippen LogP contribution in [0.15, 0.2) is 60.1 Å². The Morgan fingerprint density at radius 3 is 2.43 bits per heavy atom. The van der Waals surface area contributed by atoms with E-state index in [9.17, 15) is 24.3 Å². The lowest BCUT2D eigenvalue weighted by Crippen LogP contribution is -2.74. The number of fused-ring (bicyclic) bond motifs is 1. The predicted molar refractivity (Wildman–Crippen MR) is 265 cm³/mol. The predicted octanol–water partition coefficient (Wildman–Crippen LogP) is 8.46. The summed E-state index contributed by atoms with van der Waals surface area (Å²) in [7, 11) is 0. The molecule has 3 aliphatic rings. The molecule has 0 bridgehead atoms. The van der Waals surface area contributed by atoms with Crippen molar-refractivity contribution in [1.82, 2.24) is 30.4 Å². The third-order valence-corrected chi connectivity index (χ3v) is 14.8. The van der Waals surface area contributed by atoms with Crippen LogP contribution in [0, 0.1) is 41.6 Å². The molecule has 16 heteroatoms. The second-order valence-electron chi connectivity index (χ2n) is 20.6. The molecule has 1 saturated carbocycles. The molecular weight excluding hydrogens is 914 g/mol. The van der Waals surface area contributed by atoms with Gasteiger partial charge in [0.25, 0.3) is 5.91 Å². The number of rotatable bonds is 15. The number of aryl methyl sites for hydroxylation is 1. The van der Waals surface area contributed by atoms with Gasteiger partial charge in [0.15, 0.2) is 0 Å². The van der Waals surface area contributed by atoms with Crippen LogP contribution in [0.3, 0.4) is 0 Å². The maximum atomic E-state index is 14.1. The van der Waals surface area contributed by atoms with E-state index in [0.29, 0.717) is 59.4 Å². The van der Waals surface area contributed by atoms with Crippen molar-refractivity contribution in [2.75, 3.05) is 19.8 Å². The highest BCUT2D eigenvalue weighted by atomic mass is 35.5. The van der Waals surface area contributed by atoms with E-state index in [1.54, 1.807) is 41.7 Å². The Bertz CT molecular complexity index is 2680. The summed E-state index contributed by atoms with van der Waals surface area (Å²) in [6.07, 6.45) is 0.937. The highest BCUT2D eigenvalue weighted by Gasteiger charge is 2.67. The Hall–Kier alpha value is -5.84. The van der Waals surface area contributed by atoms with Gasteiger partial charge in [0, 0.05) is 42.9 Å². The summed E-state index contributed by atoms with van der Waals surface area (Å²) in [5.74, 6) is 5.55. The molecule has 4 atom stereocenters. The molecule has 2 fully saturated rings. The van der Waals surface area contributed by atoms with Crippen LogP contribution in [-0.2, 0) is 25.7 Å². The number of benzene rings is 2. The number of ether oxygens (including phenoxy) is 2. The molecule has 14 nitrogen and oxygen atoms in total. The van der Waals surface area contributed by atoms with Crippen molar-refractivity contribution >= 4 is 52.3 Å². The first-order valence-electron chi connectivity index (χ1n) is 23.4. The lowest BCUT2D eigenvalue weighted by atomic mass is 9.49. The zero-order valence-electron chi connectivity index (χ0n) is 40.8. The van der Waals surface area contributed by atoms with Crippen LogP contribution < -0.4 is 15.4 Å². The Balaban J connectivity index is 0.849. The number of hydrogen-bond acceptors (Lipinski definition) is 10. The monoisotopic (exact) mass is 975 g/mol. The van der Waals surface area contributed by atoms with E-state index < -0.39 is 46.2 Å². The summed E-state index contributed by atoms with van der Waals surface area (Å²) >= 11 is 7.86. The van der Waals surface area contributed by atoms with Crippen molar-refractivity contribution in [2.45, 2.75) is 131 Å². The molecule has 4 amide bonds. The first-order valence-corrected chi connectivity index (χ1v) is 24.7. The van der Waals surface area contributed by atoms with Gasteiger partial charge in [0.1, 0.15) is 36.2 Å². The molecule has 4 heterocycles. The van der Waals surface area contributed by atoms with Crippen LogP contribution in [0.4, 0.5) is 5.69 Å². The number of carbonyl (C=O) groups excluding carboxylic acids is 4. The Kier molecular flexibility index (Phi) is 15.3. The topological polar surface area (TPSA) is 168 Å². The van der Waals surface area contributed by atoms with Gasteiger partial charge in [0.2, 0.25) is 23.4 Å². The number of β-amino-alcohol motifs (C(OH)–C–C–N with tert-alkyl or cyclic N) is 1. The molecule has 2 aromatic heterocycles. The quantitative estimate of drug-likeness (QED) is 0.0602. The smallest absolute Gasteiger partial charge is 0.256 e. The van der Waals surface area contributed by atoms with Gasteiger partial charge in [-0.25, -0.2) is 14.8 Å². The molecule has 364 valence electrons. The molecular formula is C53H62ClN7O7S. The van der Waals surface area contributed by atoms with Gasteiger partial charge in [-0.05, 0) is 73.4 Å². The summed E-state index contributed by atoms with van der Waals surface area (Å²) < 4.78 is 12.1. The fourth-order valence-electron chi connectivity index (χ4n) is 10.4. The Morgan fingerprint density at radius 2 is 1.78 bits per heavy atom. The average Bonchev–Trinajstić information content (AvgIpc) is 4.00. The van der Waals surface area contributed by atoms with Crippen molar-refractivity contribution < 1.29 is 33.8 Å². The van der Waals surface area contributed by atoms with Crippen LogP contribution in [0.5, 0.6) is 5.75 Å². The van der Waals surface area contributed by atoms with Crippen molar-refractivity contribution in [2.24, 2.45) is 16.2 Å². The van der Waals surface area contributed by atoms with Gasteiger partial charge >= 0.3 is 0 Å². The van der Waals surface area contributed by atoms with E-state index in [1.807, 2.05) is 69.3 Å². The van der Waals surface area contributed by atoms with E-state index in [-0.39, 0.29) is 49.6 Å². The van der Waals surface area contributed by atoms with Gasteiger partial charge in [-0.2, -0.15) is 0 Å². The third-order valence-electron chi connectivity index (χ3n) is 13.5. The zero-order valence-corrected chi connectivity index (χ0v) is 42.4. The second kappa shape index (κ2) is 20.6. The van der Waals surface area contributed by atoms with Crippen LogP contribution in [0.2, 0.25) is 5.02 Å². The number of pyridine rings is 1. The van der Waals surface area contributed by atoms with E-state index in [2.05, 4.69) is 60.0 Å². The summed E-state index contributed by atoms with van der Waals surface area (Å²) in [5, 5.41) is 16.9. The number of nitrogens with zero attached hydrogens (tertiary/aromatic N) is 5. The maximum Gasteiger partial charge on any atom is 0.256 e. The fourth-order valence-corrected chi connectivity index (χ4v) is 11.5. The van der Waals surface area contributed by atoms with Crippen molar-refractivity contribution in [3.05, 3.63) is 105 Å². The first kappa shape index (κ1) is 51.0. The Labute approximate surface area is 414 Å². The molecule has 0 radical (unpaired) electrons. The van der Waals surface area contributed by atoms with Gasteiger partial charge < -0.3 is 35.0 Å². The normalized spacial score (nSPS) is 21.0. The van der Waals surface area contributed by atoms with Crippen molar-refractivity contribution in [3.63, 3.8) is 0 Å². The fraction of sp³-hybridized carbons (Fsp3) is 0.491. The third kappa shape index (κ3) is 11.0. The molecule has 1 aliphatic carbocycles. The number of thiazole rings is 1. The number of carbonyl (C=O) groups is 4. The minimum absolute atomic E-state index is 0.0219. The molecule has 1 saturated heterocycles. The van der Waals surface area contributed by atoms with Crippen LogP contribution in [0.25, 0.3) is 15.3 Å². The number of unbranched alkanes of at least 4 members (excludes halogenated alkanes) is 2. The number of hydrogen-bond donors (Lipinski definition) is 3. The second-order valence-corrected chi connectivity index (χ2v) is 21.8. The van der Waals surface area contributed by atoms with Gasteiger partial charge in [-0.15, -0.1) is 11.3 Å². The molecule has 2 aromatic carbocycles. The Morgan fingerprint density at radius 1 is 1.06 bits per heavy atom. The minimum Gasteiger partial charge on any atom is -0.489 e. The first-order chi connectivity index (χ1) is 32.6. The van der Waals surface area contributed by atoms with E-state index in [4.69, 9.17) is 32.6 Å². The number of nitrogens with one attached hydrogen (secondary N) is 2. The molecule has 69 heavy (non-hydrogen) atoms. The summed E-state index contributed by atoms with van der Waals surface area (Å²) in [6.45, 7) is 25.5. The minimum atomic E-state index is -0.968. The van der Waals surface area contributed by atoms with Gasteiger partial charge in [-0.1, -0.05) is 96.3 Å². The maximum absolute atomic E-state index is 14.1. The van der Waals surface area contributed by atoms with E-state index in [1.165, 1.54) is 4.90 Å². The summed E-state index contributed by atoms with van der Waals surface area (Å²) in [5.41, 5.74) is 5.45. The van der Waals surface area contributed by atoms with Crippen LogP contribution in [0.1, 0.15) is 120 Å². The molecule has 3 N–H and O–H groups in total. The number of halogens is 1. The summed E-state index contributed by atoms with van der Waals surface area (Å²) in [6, 6.07) is 14.2. The number of aromatic nitrogens is 2. The van der Waals surface area contributed by atoms with Crippen LogP contribution >= 0.6 is 22.9 Å². The SMILES string of the molecule is [C-]#[N+]c1ccc(OC2C(C)(C)C(N3Cc4nc(C#CCCCCOCC(=O)N[C@H](C(=O)N5C[C@H](O)CC5C(=O)N[C@@H](C)c5ccc(-c6scnc6C)cc5)C(C)(C)C)ccc4C3=O)C2(C)C)cc1Cl. The number of amides is 4. The summed E-state index contributed by atoms with van der Waals surface area (Å²) in [4.78, 5) is 71.5. The molecule has 7 rings (SSSR count). The van der Waals surface area contributed by atoms with Gasteiger partial charge in [0.05, 0.1) is 57.6 Å². The number of aliphatic hydroxyl groups excluding tert-OH is 1. The molecule has 2 aliphatic heterocycles. The number of aliphatic hydroxyl groups is 1. The highest BCUT2D eigenvalue weighted by molar-refractivity contribution is 7.13. The van der Waals surface area contributed by atoms with Gasteiger partial charge in [-0.3, -0.25) is 19.2 Å². The van der Waals surface area contributed by atoms with Crippen LogP contribution in [-0.4, -0.2) is 98.6 Å². The van der Waals surface area contributed by atoms with E-state index in [0.717, 1.165) is 28.1 Å². The zero-order chi connectivity index (χ0) is 50.0. The molecule has 4 aromatic rings. The highest BCUT2D eigenvalue weighted by Crippen LogP contribution is 2.59. The molecule has 0 spiro atoms. The van der Waals surface area contributed by atoms with Crippen molar-refractivity contribution in [3.8, 4) is 28.0 Å². The van der Waals surface area contributed by atoms with E-state index >= 15 is 0 Å². The number of likely N-dealkylation sites (tertiary alicyclic amines) is 1. The van der Waals surface area contributed by atoms with Crippen molar-refractivity contribution in [1.29, 1.82) is 0 Å². The molecule has 1 unspecified atom stereocenters. The lowest BCUT2D eigenvalue weighted by molar-refractivity contribution is -0.199. The largest absolute Gasteiger partial charge is 0.489 e. The lowest BCUT2D eigenvalue weighted by Gasteiger charge is -2.65. The standard InChI is InChI=1S/C53H62ClN7O7S/c1-31(33-16-18-34(19-17-33)44-32(2)56-30-69-44)57-46(64)42-25-36(62)27-60(42)48(66)45(51(3,4)5)59-43(63)29-67-24-14-12-11-13-15-35-20-22-38-41(58-35)28-61(47(38)65)49-52(6,7)50(53(49,8)9)68-37-21-23-40(55-10)39(54)26-37/h16-23,26,30-31,36,42,45,49-50,62H,11-12,14,24-25,27-29H2,1-9H3,(H,57,64)(H,59,63)/t31-,36+,42?,45+,49?,50?/m0/s1. The average molecular weight is 977 g/mol.